The van der Waals surface area contributed by atoms with Gasteiger partial charge >= 0.3 is 11.9 Å². The molecular formula is C20H16N2O4S. The number of thiophene rings is 1. The lowest BCUT2D eigenvalue weighted by Gasteiger charge is -2.00. The molecule has 3 aromatic rings. The predicted octanol–water partition coefficient (Wildman–Crippen LogP) is 3.99. The molecule has 0 radical (unpaired) electrons. The van der Waals surface area contributed by atoms with Crippen molar-refractivity contribution >= 4 is 45.6 Å². The average molecular weight is 380 g/mol. The van der Waals surface area contributed by atoms with Gasteiger partial charge in [0.2, 0.25) is 0 Å². The largest absolute Gasteiger partial charge is 0.478 e. The number of carbonyl (C=O) groups is 2. The fourth-order valence-corrected chi connectivity index (χ4v) is 3.29. The number of nitrogens with one attached hydrogen (secondary N) is 1. The van der Waals surface area contributed by atoms with Crippen molar-refractivity contribution < 1.29 is 19.8 Å². The van der Waals surface area contributed by atoms with Crippen molar-refractivity contribution in [1.82, 2.24) is 0 Å². The van der Waals surface area contributed by atoms with Gasteiger partial charge in [-0.1, -0.05) is 36.4 Å². The molecule has 0 atom stereocenters. The fraction of sp³-hybridized carbons (Fsp3) is 0.0500. The molecule has 1 aromatic heterocycles. The molecule has 0 aliphatic carbocycles. The fourth-order valence-electron chi connectivity index (χ4n) is 2.66. The first-order valence-electron chi connectivity index (χ1n) is 8.04. The van der Waals surface area contributed by atoms with Gasteiger partial charge in [-0.3, -0.25) is 4.99 Å². The van der Waals surface area contributed by atoms with Gasteiger partial charge in [-0.15, -0.1) is 11.3 Å². The number of aliphatic imine (C=N–C) groups is 1. The second-order valence-corrected chi connectivity index (χ2v) is 6.62. The third kappa shape index (κ3) is 4.59. The van der Waals surface area contributed by atoms with Crippen LogP contribution in [0.25, 0.3) is 10.8 Å². The lowest BCUT2D eigenvalue weighted by atomic mass is 10.1. The van der Waals surface area contributed by atoms with Crippen LogP contribution in [-0.4, -0.2) is 28.0 Å². The van der Waals surface area contributed by atoms with Crippen molar-refractivity contribution in [2.45, 2.75) is 6.54 Å². The molecule has 136 valence electrons. The average Bonchev–Trinajstić information content (AvgIpc) is 3.29. The monoisotopic (exact) mass is 380 g/mol. The summed E-state index contributed by atoms with van der Waals surface area (Å²) >= 11 is 1.75. The Morgan fingerprint density at radius 3 is 2.33 bits per heavy atom. The molecule has 1 aliphatic heterocycles. The summed E-state index contributed by atoms with van der Waals surface area (Å²) in [6, 6.07) is 16.9. The zero-order valence-electron chi connectivity index (χ0n) is 14.1. The van der Waals surface area contributed by atoms with Crippen molar-refractivity contribution in [3.63, 3.8) is 0 Å². The highest BCUT2D eigenvalue weighted by atomic mass is 32.1. The molecule has 4 rings (SSSR count). The van der Waals surface area contributed by atoms with Crippen LogP contribution in [-0.2, 0) is 16.1 Å². The summed E-state index contributed by atoms with van der Waals surface area (Å²) in [4.78, 5) is 25.1. The van der Waals surface area contributed by atoms with E-state index in [2.05, 4.69) is 59.2 Å². The number of rotatable bonds is 4. The molecule has 0 spiro atoms. The summed E-state index contributed by atoms with van der Waals surface area (Å²) < 4.78 is 0. The Bertz CT molecular complexity index is 1020. The first kappa shape index (κ1) is 18.3. The normalized spacial score (nSPS) is 13.4. The van der Waals surface area contributed by atoms with Crippen LogP contribution in [0.3, 0.4) is 0 Å². The lowest BCUT2D eigenvalue weighted by molar-refractivity contribution is -0.134. The molecule has 3 N–H and O–H groups in total. The van der Waals surface area contributed by atoms with E-state index in [-0.39, 0.29) is 0 Å². The van der Waals surface area contributed by atoms with Crippen molar-refractivity contribution in [3.05, 3.63) is 76.5 Å². The summed E-state index contributed by atoms with van der Waals surface area (Å²) in [6.07, 6.45) is 1.12. The summed E-state index contributed by atoms with van der Waals surface area (Å²) in [7, 11) is 0. The van der Waals surface area contributed by atoms with Crippen LogP contribution in [0.15, 0.2) is 71.1 Å². The number of nitrogens with zero attached hydrogens (tertiary/aromatic N) is 1. The van der Waals surface area contributed by atoms with E-state index < -0.39 is 11.9 Å². The van der Waals surface area contributed by atoms with E-state index in [1.807, 2.05) is 0 Å². The van der Waals surface area contributed by atoms with Gasteiger partial charge < -0.3 is 15.5 Å². The number of amidine groups is 1. The molecule has 0 bridgehead atoms. The van der Waals surface area contributed by atoms with Crippen LogP contribution in [0.5, 0.6) is 0 Å². The Morgan fingerprint density at radius 2 is 1.70 bits per heavy atom. The van der Waals surface area contributed by atoms with Crippen molar-refractivity contribution in [3.8, 4) is 0 Å². The SMILES string of the molecule is O=C(O)C=CC(=O)O.c1csc(CN=C2Nc3cccc4cccc2c34)c1. The molecule has 27 heavy (non-hydrogen) atoms. The quantitative estimate of drug-likeness (QED) is 0.595. The Labute approximate surface area is 159 Å². The predicted molar refractivity (Wildman–Crippen MR) is 107 cm³/mol. The molecule has 0 saturated heterocycles. The highest BCUT2D eigenvalue weighted by Crippen LogP contribution is 2.33. The second kappa shape index (κ2) is 8.29. The minimum atomic E-state index is -1.26. The van der Waals surface area contributed by atoms with E-state index >= 15 is 0 Å². The molecule has 7 heteroatoms. The number of benzene rings is 2. The van der Waals surface area contributed by atoms with Crippen LogP contribution in [0.2, 0.25) is 0 Å². The maximum absolute atomic E-state index is 9.55. The van der Waals surface area contributed by atoms with E-state index in [1.165, 1.54) is 21.2 Å². The van der Waals surface area contributed by atoms with E-state index in [9.17, 15) is 9.59 Å². The number of carboxylic acids is 2. The summed E-state index contributed by atoms with van der Waals surface area (Å²) in [5.41, 5.74) is 2.38. The van der Waals surface area contributed by atoms with Crippen LogP contribution >= 0.6 is 11.3 Å². The smallest absolute Gasteiger partial charge is 0.328 e. The van der Waals surface area contributed by atoms with E-state index in [4.69, 9.17) is 15.2 Å². The Kier molecular flexibility index (Phi) is 5.63. The van der Waals surface area contributed by atoms with Gasteiger partial charge in [-0.05, 0) is 22.9 Å². The standard InChI is InChI=1S/C16H12N2S.C4H4O4/c1-4-11-5-2-8-14-15(11)13(7-1)16(18-14)17-10-12-6-3-9-19-12;5-3(6)1-2-4(7)8/h1-9H,10H2,(H,17,18);1-2H,(H,5,6)(H,7,8). The summed E-state index contributed by atoms with van der Waals surface area (Å²) in [6.45, 7) is 0.740. The third-order valence-electron chi connectivity index (χ3n) is 3.75. The zero-order chi connectivity index (χ0) is 19.2. The first-order valence-corrected chi connectivity index (χ1v) is 8.92. The number of hydrogen-bond donors (Lipinski definition) is 3. The molecule has 0 unspecified atom stereocenters. The Balaban J connectivity index is 0.000000226. The molecule has 0 amide bonds. The zero-order valence-corrected chi connectivity index (χ0v) is 14.9. The van der Waals surface area contributed by atoms with Gasteiger partial charge in [0.1, 0.15) is 5.84 Å². The van der Waals surface area contributed by atoms with E-state index in [1.54, 1.807) is 11.3 Å². The van der Waals surface area contributed by atoms with Crippen molar-refractivity contribution in [2.75, 3.05) is 5.32 Å². The minimum Gasteiger partial charge on any atom is -0.478 e. The highest BCUT2D eigenvalue weighted by molar-refractivity contribution is 7.09. The topological polar surface area (TPSA) is 99.0 Å². The third-order valence-corrected chi connectivity index (χ3v) is 4.62. The van der Waals surface area contributed by atoms with Gasteiger partial charge in [-0.25, -0.2) is 9.59 Å². The van der Waals surface area contributed by atoms with Gasteiger partial charge in [-0.2, -0.15) is 0 Å². The maximum Gasteiger partial charge on any atom is 0.328 e. The Morgan fingerprint density at radius 1 is 1.00 bits per heavy atom. The van der Waals surface area contributed by atoms with Gasteiger partial charge in [0, 0.05) is 33.7 Å². The molecular weight excluding hydrogens is 364 g/mol. The number of aliphatic carboxylic acids is 2. The van der Waals surface area contributed by atoms with Crippen LogP contribution in [0.1, 0.15) is 10.4 Å². The first-order chi connectivity index (χ1) is 13.0. The molecule has 0 fully saturated rings. The number of hydrogen-bond acceptors (Lipinski definition) is 4. The second-order valence-electron chi connectivity index (χ2n) is 5.59. The Hall–Kier alpha value is -3.45. The van der Waals surface area contributed by atoms with Crippen molar-refractivity contribution in [1.29, 1.82) is 0 Å². The number of carboxylic acid groups (broad SMARTS) is 2. The van der Waals surface area contributed by atoms with Crippen LogP contribution in [0.4, 0.5) is 5.69 Å². The minimum absolute atomic E-state index is 0.558. The molecule has 1 aliphatic rings. The molecule has 2 aromatic carbocycles. The number of anilines is 1. The lowest BCUT2D eigenvalue weighted by Crippen LogP contribution is -2.07. The van der Waals surface area contributed by atoms with Crippen molar-refractivity contribution in [2.24, 2.45) is 4.99 Å². The van der Waals surface area contributed by atoms with E-state index in [0.717, 1.165) is 18.1 Å². The van der Waals surface area contributed by atoms with Crippen LogP contribution < -0.4 is 5.32 Å². The van der Waals surface area contributed by atoms with Gasteiger partial charge in [0.25, 0.3) is 0 Å². The summed E-state index contributed by atoms with van der Waals surface area (Å²) in [5, 5.41) is 23.7. The molecule has 2 heterocycles. The van der Waals surface area contributed by atoms with Gasteiger partial charge in [0.05, 0.1) is 6.54 Å². The van der Waals surface area contributed by atoms with E-state index in [0.29, 0.717) is 12.2 Å². The van der Waals surface area contributed by atoms with Crippen LogP contribution in [0, 0.1) is 0 Å². The maximum atomic E-state index is 9.55. The molecule has 0 saturated carbocycles. The summed E-state index contributed by atoms with van der Waals surface area (Å²) in [5.74, 6) is -1.53. The van der Waals surface area contributed by atoms with Gasteiger partial charge in [0.15, 0.2) is 0 Å². The highest BCUT2D eigenvalue weighted by Gasteiger charge is 2.18. The molecule has 6 nitrogen and oxygen atoms in total.